The number of aryl methyl sites for hydroxylation is 2. The van der Waals surface area contributed by atoms with Crippen LogP contribution in [0.4, 0.5) is 11.4 Å². The first kappa shape index (κ1) is 27.2. The van der Waals surface area contributed by atoms with E-state index in [9.17, 15) is 21.6 Å². The molecule has 2 aromatic rings. The Morgan fingerprint density at radius 2 is 1.49 bits per heavy atom. The molecule has 3 rings (SSSR count). The molecule has 1 saturated heterocycles. The fraction of sp³-hybridized carbons (Fsp3) is 0.480. The second-order valence-corrected chi connectivity index (χ2v) is 13.0. The lowest BCUT2D eigenvalue weighted by Crippen LogP contribution is -2.32. The van der Waals surface area contributed by atoms with E-state index in [1.54, 1.807) is 12.1 Å². The predicted molar refractivity (Wildman–Crippen MR) is 140 cm³/mol. The molecule has 1 heterocycles. The molecule has 0 unspecified atom stereocenters. The third-order valence-corrected chi connectivity index (χ3v) is 9.11. The Morgan fingerprint density at radius 3 is 2.03 bits per heavy atom. The number of nitrogens with one attached hydrogen (secondary N) is 1. The number of carbonyl (C=O) groups is 1. The van der Waals surface area contributed by atoms with Crippen LogP contribution in [0.15, 0.2) is 47.4 Å². The minimum absolute atomic E-state index is 0.130. The highest BCUT2D eigenvalue weighted by Crippen LogP contribution is 2.23. The third-order valence-electron chi connectivity index (χ3n) is 6.00. The maximum atomic E-state index is 12.9. The Kier molecular flexibility index (Phi) is 8.95. The summed E-state index contributed by atoms with van der Waals surface area (Å²) in [6.07, 6.45) is 5.46. The van der Waals surface area contributed by atoms with Gasteiger partial charge in [-0.25, -0.2) is 16.8 Å². The second kappa shape index (κ2) is 11.5. The molecule has 1 N–H and O–H groups in total. The molecular weight excluding hydrogens is 486 g/mol. The summed E-state index contributed by atoms with van der Waals surface area (Å²) in [4.78, 5) is 12.7. The molecule has 0 aromatic heterocycles. The maximum Gasteiger partial charge on any atom is 0.243 e. The molecule has 35 heavy (non-hydrogen) atoms. The van der Waals surface area contributed by atoms with Gasteiger partial charge in [-0.1, -0.05) is 18.9 Å². The van der Waals surface area contributed by atoms with E-state index in [0.29, 0.717) is 30.9 Å². The van der Waals surface area contributed by atoms with Crippen LogP contribution in [0.25, 0.3) is 0 Å². The van der Waals surface area contributed by atoms with Crippen molar-refractivity contribution < 1.29 is 21.6 Å². The summed E-state index contributed by atoms with van der Waals surface area (Å²) in [5.41, 5.74) is 3.02. The van der Waals surface area contributed by atoms with Crippen LogP contribution < -0.4 is 9.62 Å². The molecular formula is C25H35N3O5S2. The summed E-state index contributed by atoms with van der Waals surface area (Å²) in [5.74, 6) is -0.262. The number of sulfonamides is 2. The van der Waals surface area contributed by atoms with Crippen LogP contribution in [0.3, 0.4) is 0 Å². The SMILES string of the molecule is Cc1cc(C)cc(N(CCCC(=O)Nc2ccc(S(=O)(=O)N3CCCCCC3)cc2)S(C)(=O)=O)c1. The lowest BCUT2D eigenvalue weighted by molar-refractivity contribution is -0.116. The number of nitrogens with zero attached hydrogens (tertiary/aromatic N) is 2. The smallest absolute Gasteiger partial charge is 0.243 e. The van der Waals surface area contributed by atoms with E-state index in [2.05, 4.69) is 5.32 Å². The molecule has 0 radical (unpaired) electrons. The Hall–Kier alpha value is -2.43. The standard InChI is InChI=1S/C25H35N3O5S2/c1-20-17-21(2)19-23(18-20)28(34(3,30)31)16-8-9-25(29)26-22-10-12-24(13-11-22)35(32,33)27-14-6-4-5-7-15-27/h10-13,17-19H,4-9,14-16H2,1-3H3,(H,26,29). The van der Waals surface area contributed by atoms with Crippen molar-refractivity contribution in [3.8, 4) is 0 Å². The molecule has 192 valence electrons. The van der Waals surface area contributed by atoms with Crippen molar-refractivity contribution >= 4 is 37.3 Å². The predicted octanol–water partition coefficient (Wildman–Crippen LogP) is 4.05. The van der Waals surface area contributed by atoms with Crippen LogP contribution in [-0.4, -0.2) is 52.9 Å². The summed E-state index contributed by atoms with van der Waals surface area (Å²) in [6, 6.07) is 11.8. The zero-order chi connectivity index (χ0) is 25.6. The minimum Gasteiger partial charge on any atom is -0.326 e. The first-order valence-electron chi connectivity index (χ1n) is 11.9. The monoisotopic (exact) mass is 521 g/mol. The zero-order valence-electron chi connectivity index (χ0n) is 20.7. The zero-order valence-corrected chi connectivity index (χ0v) is 22.3. The van der Waals surface area contributed by atoms with Crippen molar-refractivity contribution in [3.63, 3.8) is 0 Å². The Morgan fingerprint density at radius 1 is 0.914 bits per heavy atom. The van der Waals surface area contributed by atoms with Gasteiger partial charge >= 0.3 is 0 Å². The summed E-state index contributed by atoms with van der Waals surface area (Å²) in [6.45, 7) is 5.08. The normalized spacial score (nSPS) is 15.4. The molecule has 8 nitrogen and oxygen atoms in total. The Labute approximate surface area is 209 Å². The van der Waals surface area contributed by atoms with Crippen LogP contribution in [0.2, 0.25) is 0 Å². The third kappa shape index (κ3) is 7.52. The molecule has 0 bridgehead atoms. The van der Waals surface area contributed by atoms with Crippen molar-refractivity contribution in [3.05, 3.63) is 53.6 Å². The van der Waals surface area contributed by atoms with Crippen LogP contribution in [0.5, 0.6) is 0 Å². The van der Waals surface area contributed by atoms with E-state index in [4.69, 9.17) is 0 Å². The second-order valence-electron chi connectivity index (χ2n) is 9.18. The van der Waals surface area contributed by atoms with Gasteiger partial charge in [-0.15, -0.1) is 0 Å². The number of rotatable bonds is 9. The van der Waals surface area contributed by atoms with Crippen molar-refractivity contribution in [1.82, 2.24) is 4.31 Å². The Balaban J connectivity index is 1.58. The van der Waals surface area contributed by atoms with Gasteiger partial charge in [-0.05, 0) is 80.6 Å². The number of benzene rings is 2. The summed E-state index contributed by atoms with van der Waals surface area (Å²) >= 11 is 0. The van der Waals surface area contributed by atoms with Gasteiger partial charge in [-0.3, -0.25) is 9.10 Å². The van der Waals surface area contributed by atoms with E-state index >= 15 is 0 Å². The molecule has 2 aromatic carbocycles. The van der Waals surface area contributed by atoms with E-state index < -0.39 is 20.0 Å². The molecule has 0 aliphatic carbocycles. The van der Waals surface area contributed by atoms with Gasteiger partial charge in [0.15, 0.2) is 0 Å². The largest absolute Gasteiger partial charge is 0.326 e. The van der Waals surface area contributed by atoms with Gasteiger partial charge in [0, 0.05) is 31.7 Å². The van der Waals surface area contributed by atoms with Gasteiger partial charge < -0.3 is 5.32 Å². The minimum atomic E-state index is -3.54. The molecule has 1 amide bonds. The van der Waals surface area contributed by atoms with Crippen LogP contribution in [-0.2, 0) is 24.8 Å². The van der Waals surface area contributed by atoms with Gasteiger partial charge in [0.2, 0.25) is 26.0 Å². The van der Waals surface area contributed by atoms with Gasteiger partial charge in [0.1, 0.15) is 0 Å². The van der Waals surface area contributed by atoms with E-state index in [1.807, 2.05) is 32.0 Å². The summed E-state index contributed by atoms with van der Waals surface area (Å²) in [5, 5.41) is 2.77. The highest BCUT2D eigenvalue weighted by atomic mass is 32.2. The fourth-order valence-corrected chi connectivity index (χ4v) is 6.80. The first-order chi connectivity index (χ1) is 16.5. The van der Waals surface area contributed by atoms with Crippen molar-refractivity contribution in [1.29, 1.82) is 0 Å². The first-order valence-corrected chi connectivity index (χ1v) is 15.2. The maximum absolute atomic E-state index is 12.9. The number of carbonyl (C=O) groups excluding carboxylic acids is 1. The molecule has 0 spiro atoms. The molecule has 0 atom stereocenters. The number of hydrogen-bond acceptors (Lipinski definition) is 5. The fourth-order valence-electron chi connectivity index (χ4n) is 4.33. The summed E-state index contributed by atoms with van der Waals surface area (Å²) in [7, 11) is -7.04. The van der Waals surface area contributed by atoms with Crippen LogP contribution >= 0.6 is 0 Å². The van der Waals surface area contributed by atoms with Crippen molar-refractivity contribution in [2.45, 2.75) is 57.3 Å². The average molecular weight is 522 g/mol. The van der Waals surface area contributed by atoms with E-state index in [-0.39, 0.29) is 23.8 Å². The molecule has 10 heteroatoms. The lowest BCUT2D eigenvalue weighted by Gasteiger charge is -2.23. The van der Waals surface area contributed by atoms with E-state index in [0.717, 1.165) is 43.1 Å². The molecule has 1 fully saturated rings. The number of anilines is 2. The molecule has 1 aliphatic heterocycles. The molecule has 1 aliphatic rings. The number of hydrogen-bond donors (Lipinski definition) is 1. The highest BCUT2D eigenvalue weighted by molar-refractivity contribution is 7.92. The van der Waals surface area contributed by atoms with Gasteiger partial charge in [0.05, 0.1) is 16.8 Å². The highest BCUT2D eigenvalue weighted by Gasteiger charge is 2.25. The van der Waals surface area contributed by atoms with Crippen LogP contribution in [0, 0.1) is 13.8 Å². The Bertz CT molecular complexity index is 1210. The van der Waals surface area contributed by atoms with Gasteiger partial charge in [-0.2, -0.15) is 4.31 Å². The number of amides is 1. The van der Waals surface area contributed by atoms with Crippen molar-refractivity contribution in [2.24, 2.45) is 0 Å². The average Bonchev–Trinajstić information content (AvgIpc) is 3.06. The van der Waals surface area contributed by atoms with Crippen molar-refractivity contribution in [2.75, 3.05) is 35.5 Å². The van der Waals surface area contributed by atoms with E-state index in [1.165, 1.54) is 20.7 Å². The topological polar surface area (TPSA) is 104 Å². The molecule has 0 saturated carbocycles. The van der Waals surface area contributed by atoms with Gasteiger partial charge in [0.25, 0.3) is 0 Å². The summed E-state index contributed by atoms with van der Waals surface area (Å²) < 4.78 is 53.3. The quantitative estimate of drug-likeness (QED) is 0.536. The lowest BCUT2D eigenvalue weighted by atomic mass is 10.1. The van der Waals surface area contributed by atoms with Crippen LogP contribution in [0.1, 0.15) is 49.7 Å².